The van der Waals surface area contributed by atoms with Gasteiger partial charge in [0.1, 0.15) is 5.69 Å². The molecule has 7 nitrogen and oxygen atoms in total. The van der Waals surface area contributed by atoms with Crippen molar-refractivity contribution in [2.24, 2.45) is 0 Å². The molecule has 0 atom stereocenters. The number of hydrogen-bond donors (Lipinski definition) is 2. The van der Waals surface area contributed by atoms with Crippen LogP contribution >= 0.6 is 11.6 Å². The third-order valence-corrected chi connectivity index (χ3v) is 4.34. The monoisotopic (exact) mass is 396 g/mol. The summed E-state index contributed by atoms with van der Waals surface area (Å²) < 4.78 is 10.6. The van der Waals surface area contributed by atoms with E-state index >= 15 is 0 Å². The van der Waals surface area contributed by atoms with Crippen LogP contribution < -0.4 is 20.1 Å². The van der Waals surface area contributed by atoms with Crippen molar-refractivity contribution in [1.29, 1.82) is 0 Å². The second-order valence-electron chi connectivity index (χ2n) is 6.09. The van der Waals surface area contributed by atoms with Crippen LogP contribution in [0.25, 0.3) is 0 Å². The number of aromatic nitrogens is 2. The molecule has 0 saturated heterocycles. The molecule has 1 aliphatic rings. The maximum atomic E-state index is 12.4. The van der Waals surface area contributed by atoms with Crippen LogP contribution in [-0.4, -0.2) is 29.2 Å². The minimum Gasteiger partial charge on any atom is -0.454 e. The summed E-state index contributed by atoms with van der Waals surface area (Å²) in [4.78, 5) is 20.8. The molecule has 0 bridgehead atoms. The van der Waals surface area contributed by atoms with Crippen molar-refractivity contribution in [3.8, 4) is 11.5 Å². The second-order valence-corrected chi connectivity index (χ2v) is 6.53. The number of benzene rings is 2. The highest BCUT2D eigenvalue weighted by atomic mass is 35.5. The molecular formula is C20H17ClN4O3. The number of hydrogen-bond acceptors (Lipinski definition) is 6. The number of anilines is 2. The quantitative estimate of drug-likeness (QED) is 0.662. The van der Waals surface area contributed by atoms with Gasteiger partial charge in [-0.1, -0.05) is 23.7 Å². The normalized spacial score (nSPS) is 11.9. The highest BCUT2D eigenvalue weighted by molar-refractivity contribution is 6.30. The molecule has 0 saturated carbocycles. The van der Waals surface area contributed by atoms with E-state index in [-0.39, 0.29) is 18.4 Å². The van der Waals surface area contributed by atoms with Gasteiger partial charge in [0.25, 0.3) is 5.91 Å². The maximum Gasteiger partial charge on any atom is 0.270 e. The Morgan fingerprint density at radius 2 is 2.00 bits per heavy atom. The van der Waals surface area contributed by atoms with E-state index in [4.69, 9.17) is 21.1 Å². The topological polar surface area (TPSA) is 85.4 Å². The van der Waals surface area contributed by atoms with Gasteiger partial charge in [-0.15, -0.1) is 0 Å². The number of nitrogens with zero attached hydrogens (tertiary/aromatic N) is 2. The fourth-order valence-electron chi connectivity index (χ4n) is 2.75. The molecule has 2 heterocycles. The van der Waals surface area contributed by atoms with Gasteiger partial charge in [0.2, 0.25) is 12.7 Å². The van der Waals surface area contributed by atoms with Gasteiger partial charge in [-0.05, 0) is 42.3 Å². The summed E-state index contributed by atoms with van der Waals surface area (Å²) in [6.07, 6.45) is 2.22. The Morgan fingerprint density at radius 1 is 1.11 bits per heavy atom. The van der Waals surface area contributed by atoms with Crippen LogP contribution in [0.5, 0.6) is 11.5 Å². The van der Waals surface area contributed by atoms with E-state index in [1.54, 1.807) is 18.2 Å². The van der Waals surface area contributed by atoms with Gasteiger partial charge in [0.05, 0.1) is 0 Å². The predicted molar refractivity (Wildman–Crippen MR) is 105 cm³/mol. The summed E-state index contributed by atoms with van der Waals surface area (Å²) in [6, 6.07) is 14.5. The van der Waals surface area contributed by atoms with Crippen LogP contribution in [0, 0.1) is 0 Å². The summed E-state index contributed by atoms with van der Waals surface area (Å²) in [6.45, 7) is 0.689. The molecule has 0 spiro atoms. The molecule has 2 aromatic carbocycles. The summed E-state index contributed by atoms with van der Waals surface area (Å²) in [7, 11) is 0. The van der Waals surface area contributed by atoms with Crippen molar-refractivity contribution in [2.75, 3.05) is 18.7 Å². The second kappa shape index (κ2) is 8.14. The number of nitrogens with one attached hydrogen (secondary N) is 2. The highest BCUT2D eigenvalue weighted by Gasteiger charge is 2.14. The first kappa shape index (κ1) is 18.1. The first-order valence-electron chi connectivity index (χ1n) is 8.70. The number of halogens is 1. The van der Waals surface area contributed by atoms with Crippen LogP contribution in [-0.2, 0) is 6.42 Å². The van der Waals surface area contributed by atoms with Crippen LogP contribution in [0.3, 0.4) is 0 Å². The molecular weight excluding hydrogens is 380 g/mol. The van der Waals surface area contributed by atoms with Crippen LogP contribution in [0.2, 0.25) is 5.02 Å². The third kappa shape index (κ3) is 4.32. The van der Waals surface area contributed by atoms with E-state index in [9.17, 15) is 4.79 Å². The minimum atomic E-state index is -0.266. The van der Waals surface area contributed by atoms with Gasteiger partial charge < -0.3 is 20.1 Å². The molecule has 0 aliphatic carbocycles. The van der Waals surface area contributed by atoms with Gasteiger partial charge >= 0.3 is 0 Å². The SMILES string of the molecule is O=C(NCCc1cccc(Cl)c1)c1ccnc(Nc2ccc3c(c2)OCO3)n1. The van der Waals surface area contributed by atoms with Gasteiger partial charge in [0, 0.05) is 29.5 Å². The zero-order valence-corrected chi connectivity index (χ0v) is 15.6. The van der Waals surface area contributed by atoms with E-state index in [0.717, 1.165) is 11.3 Å². The first-order chi connectivity index (χ1) is 13.7. The molecule has 28 heavy (non-hydrogen) atoms. The van der Waals surface area contributed by atoms with Crippen LogP contribution in [0.1, 0.15) is 16.1 Å². The molecule has 0 unspecified atom stereocenters. The summed E-state index contributed by atoms with van der Waals surface area (Å²) in [5.74, 6) is 1.40. The Morgan fingerprint density at radius 3 is 2.89 bits per heavy atom. The van der Waals surface area contributed by atoms with E-state index in [2.05, 4.69) is 20.6 Å². The summed E-state index contributed by atoms with van der Waals surface area (Å²) in [5, 5.41) is 6.60. The number of fused-ring (bicyclic) bond motifs is 1. The van der Waals surface area contributed by atoms with Gasteiger partial charge in [-0.3, -0.25) is 4.79 Å². The molecule has 1 amide bonds. The number of amides is 1. The fraction of sp³-hybridized carbons (Fsp3) is 0.150. The van der Waals surface area contributed by atoms with Crippen molar-refractivity contribution >= 4 is 29.1 Å². The average molecular weight is 397 g/mol. The molecule has 3 aromatic rings. The lowest BCUT2D eigenvalue weighted by Gasteiger charge is -2.08. The Labute approximate surface area is 166 Å². The standard InChI is InChI=1S/C20H17ClN4O3/c21-14-3-1-2-13(10-14)6-8-22-19(26)16-7-9-23-20(25-16)24-15-4-5-17-18(11-15)28-12-27-17/h1-5,7,9-11H,6,8,12H2,(H,22,26)(H,23,24,25). The van der Waals surface area contributed by atoms with Crippen LogP contribution in [0.15, 0.2) is 54.7 Å². The Hall–Kier alpha value is -3.32. The number of carbonyl (C=O) groups is 1. The minimum absolute atomic E-state index is 0.208. The van der Waals surface area contributed by atoms with Gasteiger partial charge in [0.15, 0.2) is 11.5 Å². The van der Waals surface area contributed by atoms with Crippen molar-refractivity contribution < 1.29 is 14.3 Å². The van der Waals surface area contributed by atoms with Crippen molar-refractivity contribution in [3.05, 3.63) is 71.0 Å². The zero-order valence-electron chi connectivity index (χ0n) is 14.8. The van der Waals surface area contributed by atoms with E-state index in [1.165, 1.54) is 6.20 Å². The smallest absolute Gasteiger partial charge is 0.270 e. The number of carbonyl (C=O) groups excluding carboxylic acids is 1. The van der Waals surface area contributed by atoms with Crippen molar-refractivity contribution in [3.63, 3.8) is 0 Å². The first-order valence-corrected chi connectivity index (χ1v) is 9.07. The molecule has 1 aromatic heterocycles. The van der Waals surface area contributed by atoms with E-state index in [1.807, 2.05) is 30.3 Å². The lowest BCUT2D eigenvalue weighted by atomic mass is 10.1. The number of ether oxygens (including phenoxy) is 2. The van der Waals surface area contributed by atoms with E-state index < -0.39 is 0 Å². The molecule has 142 valence electrons. The average Bonchev–Trinajstić information content (AvgIpc) is 3.16. The van der Waals surface area contributed by atoms with Gasteiger partial charge in [-0.25, -0.2) is 9.97 Å². The molecule has 1 aliphatic heterocycles. The maximum absolute atomic E-state index is 12.4. The highest BCUT2D eigenvalue weighted by Crippen LogP contribution is 2.34. The largest absolute Gasteiger partial charge is 0.454 e. The van der Waals surface area contributed by atoms with E-state index in [0.29, 0.717) is 35.4 Å². The van der Waals surface area contributed by atoms with Crippen molar-refractivity contribution in [2.45, 2.75) is 6.42 Å². The van der Waals surface area contributed by atoms with Crippen molar-refractivity contribution in [1.82, 2.24) is 15.3 Å². The Kier molecular flexibility index (Phi) is 5.25. The molecule has 2 N–H and O–H groups in total. The Balaban J connectivity index is 1.37. The summed E-state index contributed by atoms with van der Waals surface area (Å²) >= 11 is 5.97. The third-order valence-electron chi connectivity index (χ3n) is 4.11. The molecule has 0 radical (unpaired) electrons. The molecule has 4 rings (SSSR count). The zero-order chi connectivity index (χ0) is 19.3. The van der Waals surface area contributed by atoms with Crippen LogP contribution in [0.4, 0.5) is 11.6 Å². The fourth-order valence-corrected chi connectivity index (χ4v) is 2.97. The molecule has 0 fully saturated rings. The Bertz CT molecular complexity index is 1010. The lowest BCUT2D eigenvalue weighted by Crippen LogP contribution is -2.26. The van der Waals surface area contributed by atoms with Gasteiger partial charge in [-0.2, -0.15) is 0 Å². The number of rotatable bonds is 6. The lowest BCUT2D eigenvalue weighted by molar-refractivity contribution is 0.0949. The predicted octanol–water partition coefficient (Wildman–Crippen LogP) is 3.57. The molecule has 8 heteroatoms. The summed E-state index contributed by atoms with van der Waals surface area (Å²) in [5.41, 5.74) is 2.08.